The highest BCUT2D eigenvalue weighted by molar-refractivity contribution is 8.00. The first-order valence-electron chi connectivity index (χ1n) is 4.52. The summed E-state index contributed by atoms with van der Waals surface area (Å²) in [6.07, 6.45) is -0.157. The van der Waals surface area contributed by atoms with E-state index in [1.165, 1.54) is 23.1 Å². The van der Waals surface area contributed by atoms with E-state index in [0.29, 0.717) is 10.8 Å². The van der Waals surface area contributed by atoms with Crippen molar-refractivity contribution in [3.8, 4) is 6.07 Å². The zero-order chi connectivity index (χ0) is 12.7. The second-order valence-corrected chi connectivity index (χ2v) is 4.76. The summed E-state index contributed by atoms with van der Waals surface area (Å²) >= 11 is 2.39. The molecule has 0 aliphatic rings. The summed E-state index contributed by atoms with van der Waals surface area (Å²) < 4.78 is 0. The highest BCUT2D eigenvalue weighted by atomic mass is 32.2. The Morgan fingerprint density at radius 1 is 1.65 bits per heavy atom. The van der Waals surface area contributed by atoms with Crippen molar-refractivity contribution in [2.45, 2.75) is 6.42 Å². The van der Waals surface area contributed by atoms with Crippen LogP contribution in [0.3, 0.4) is 0 Å². The molecule has 2 N–H and O–H groups in total. The van der Waals surface area contributed by atoms with Gasteiger partial charge in [0.1, 0.15) is 0 Å². The maximum Gasteiger partial charge on any atom is 0.309 e. The lowest BCUT2D eigenvalue weighted by molar-refractivity contribution is -0.136. The molecule has 17 heavy (non-hydrogen) atoms. The van der Waals surface area contributed by atoms with Gasteiger partial charge in [-0.3, -0.25) is 9.59 Å². The molecule has 0 saturated heterocycles. The first-order chi connectivity index (χ1) is 8.11. The van der Waals surface area contributed by atoms with Crippen molar-refractivity contribution >= 4 is 40.1 Å². The van der Waals surface area contributed by atoms with Gasteiger partial charge in [0, 0.05) is 5.38 Å². The fourth-order valence-corrected chi connectivity index (χ4v) is 2.12. The number of rotatable bonds is 6. The molecule has 0 unspecified atom stereocenters. The van der Waals surface area contributed by atoms with Crippen LogP contribution in [0.2, 0.25) is 0 Å². The molecule has 1 amide bonds. The Morgan fingerprint density at radius 3 is 3.06 bits per heavy atom. The van der Waals surface area contributed by atoms with Gasteiger partial charge < -0.3 is 10.4 Å². The van der Waals surface area contributed by atoms with Crippen molar-refractivity contribution in [2.24, 2.45) is 0 Å². The topological polar surface area (TPSA) is 103 Å². The molecule has 0 aliphatic carbocycles. The number of aromatic nitrogens is 1. The van der Waals surface area contributed by atoms with Crippen LogP contribution < -0.4 is 5.32 Å². The monoisotopic (exact) mass is 271 g/mol. The normalized spacial score (nSPS) is 9.59. The van der Waals surface area contributed by atoms with E-state index in [0.717, 1.165) is 0 Å². The van der Waals surface area contributed by atoms with Gasteiger partial charge in [0.25, 0.3) is 0 Å². The summed E-state index contributed by atoms with van der Waals surface area (Å²) in [6, 6.07) is 1.92. The number of carboxylic acid groups (broad SMARTS) is 1. The Labute approximate surface area is 106 Å². The number of hydrogen-bond donors (Lipinski definition) is 2. The zero-order valence-corrected chi connectivity index (χ0v) is 10.3. The van der Waals surface area contributed by atoms with Crippen LogP contribution in [-0.4, -0.2) is 33.5 Å². The Hall–Kier alpha value is -1.59. The molecule has 1 heterocycles. The summed E-state index contributed by atoms with van der Waals surface area (Å²) in [4.78, 5) is 25.7. The number of thiazole rings is 1. The predicted molar refractivity (Wildman–Crippen MR) is 65.0 cm³/mol. The molecule has 1 aromatic rings. The van der Waals surface area contributed by atoms with Crippen LogP contribution in [0.1, 0.15) is 5.69 Å². The molecule has 8 heteroatoms. The first-order valence-corrected chi connectivity index (χ1v) is 6.56. The molecular weight excluding hydrogens is 262 g/mol. The van der Waals surface area contributed by atoms with E-state index in [4.69, 9.17) is 10.4 Å². The molecule has 1 aromatic heterocycles. The van der Waals surface area contributed by atoms with Crippen molar-refractivity contribution in [3.05, 3.63) is 11.1 Å². The quantitative estimate of drug-likeness (QED) is 0.747. The number of hydrogen-bond acceptors (Lipinski definition) is 6. The van der Waals surface area contributed by atoms with Gasteiger partial charge in [-0.25, -0.2) is 4.98 Å². The SMILES string of the molecule is N#CCSCC(=O)Nc1nc(CC(=O)O)cs1. The minimum atomic E-state index is -0.960. The van der Waals surface area contributed by atoms with Crippen molar-refractivity contribution in [2.75, 3.05) is 16.8 Å². The van der Waals surface area contributed by atoms with E-state index >= 15 is 0 Å². The Bertz CT molecular complexity index is 453. The van der Waals surface area contributed by atoms with Crippen LogP contribution in [0.15, 0.2) is 5.38 Å². The first kappa shape index (κ1) is 13.5. The van der Waals surface area contributed by atoms with Gasteiger partial charge in [-0.1, -0.05) is 0 Å². The van der Waals surface area contributed by atoms with Crippen LogP contribution in [0, 0.1) is 11.3 Å². The summed E-state index contributed by atoms with van der Waals surface area (Å²) in [5, 5.41) is 21.3. The summed E-state index contributed by atoms with van der Waals surface area (Å²) in [6.45, 7) is 0. The Morgan fingerprint density at radius 2 is 2.41 bits per heavy atom. The van der Waals surface area contributed by atoms with Crippen LogP contribution in [-0.2, 0) is 16.0 Å². The largest absolute Gasteiger partial charge is 0.481 e. The maximum atomic E-state index is 11.3. The number of amides is 1. The number of nitriles is 1. The molecule has 0 aliphatic heterocycles. The molecule has 0 spiro atoms. The molecule has 1 rings (SSSR count). The fraction of sp³-hybridized carbons (Fsp3) is 0.333. The van der Waals surface area contributed by atoms with E-state index in [1.54, 1.807) is 5.38 Å². The van der Waals surface area contributed by atoms with Crippen molar-refractivity contribution in [1.82, 2.24) is 4.98 Å². The maximum absolute atomic E-state index is 11.3. The van der Waals surface area contributed by atoms with Gasteiger partial charge >= 0.3 is 5.97 Å². The van der Waals surface area contributed by atoms with E-state index in [2.05, 4.69) is 10.3 Å². The van der Waals surface area contributed by atoms with Crippen LogP contribution in [0.4, 0.5) is 5.13 Å². The molecule has 0 bridgehead atoms. The molecule has 0 aromatic carbocycles. The average molecular weight is 271 g/mol. The lowest BCUT2D eigenvalue weighted by atomic mass is 10.3. The molecule has 0 radical (unpaired) electrons. The molecule has 0 fully saturated rings. The number of carboxylic acids is 1. The fourth-order valence-electron chi connectivity index (χ4n) is 0.945. The molecule has 90 valence electrons. The van der Waals surface area contributed by atoms with Gasteiger partial charge in [0.15, 0.2) is 5.13 Å². The Kier molecular flexibility index (Phi) is 5.45. The Balaban J connectivity index is 2.41. The number of carbonyl (C=O) groups is 2. The highest BCUT2D eigenvalue weighted by Gasteiger charge is 2.08. The van der Waals surface area contributed by atoms with Crippen molar-refractivity contribution in [3.63, 3.8) is 0 Å². The van der Waals surface area contributed by atoms with E-state index in [9.17, 15) is 9.59 Å². The summed E-state index contributed by atoms with van der Waals surface area (Å²) in [7, 11) is 0. The van der Waals surface area contributed by atoms with Gasteiger partial charge in [0.2, 0.25) is 5.91 Å². The van der Waals surface area contributed by atoms with Gasteiger partial charge in [-0.15, -0.1) is 23.1 Å². The standard InChI is InChI=1S/C9H9N3O3S2/c10-1-2-16-5-7(13)12-9-11-6(4-17-9)3-8(14)15/h4H,2-3,5H2,(H,14,15)(H,11,12,13). The van der Waals surface area contributed by atoms with Crippen molar-refractivity contribution < 1.29 is 14.7 Å². The number of nitrogens with one attached hydrogen (secondary N) is 1. The van der Waals surface area contributed by atoms with E-state index < -0.39 is 5.97 Å². The third-order valence-corrected chi connectivity index (χ3v) is 3.14. The predicted octanol–water partition coefficient (Wildman–Crippen LogP) is 0.965. The minimum Gasteiger partial charge on any atom is -0.481 e. The molecular formula is C9H9N3O3S2. The average Bonchev–Trinajstić information content (AvgIpc) is 2.64. The third-order valence-electron chi connectivity index (χ3n) is 1.53. The van der Waals surface area contributed by atoms with Gasteiger partial charge in [0.05, 0.1) is 29.7 Å². The zero-order valence-electron chi connectivity index (χ0n) is 8.67. The number of carbonyl (C=O) groups excluding carboxylic acids is 1. The number of nitrogens with zero attached hydrogens (tertiary/aromatic N) is 2. The lowest BCUT2D eigenvalue weighted by Crippen LogP contribution is -2.14. The summed E-state index contributed by atoms with van der Waals surface area (Å²) in [5.41, 5.74) is 0.419. The second kappa shape index (κ2) is 6.88. The van der Waals surface area contributed by atoms with Gasteiger partial charge in [-0.05, 0) is 0 Å². The van der Waals surface area contributed by atoms with E-state index in [1.807, 2.05) is 6.07 Å². The smallest absolute Gasteiger partial charge is 0.309 e. The molecule has 6 nitrogen and oxygen atoms in total. The minimum absolute atomic E-state index is 0.157. The second-order valence-electron chi connectivity index (χ2n) is 2.91. The van der Waals surface area contributed by atoms with E-state index in [-0.39, 0.29) is 23.8 Å². The molecule has 0 atom stereocenters. The molecule has 0 saturated carbocycles. The number of aliphatic carboxylic acids is 1. The van der Waals surface area contributed by atoms with Crippen LogP contribution in [0.25, 0.3) is 0 Å². The number of thioether (sulfide) groups is 1. The van der Waals surface area contributed by atoms with Crippen molar-refractivity contribution in [1.29, 1.82) is 5.26 Å². The van der Waals surface area contributed by atoms with Crippen LogP contribution >= 0.6 is 23.1 Å². The highest BCUT2D eigenvalue weighted by Crippen LogP contribution is 2.16. The van der Waals surface area contributed by atoms with Gasteiger partial charge in [-0.2, -0.15) is 5.26 Å². The lowest BCUT2D eigenvalue weighted by Gasteiger charge is -1.98. The summed E-state index contributed by atoms with van der Waals surface area (Å²) in [5.74, 6) is -0.768. The number of anilines is 1. The van der Waals surface area contributed by atoms with Crippen LogP contribution in [0.5, 0.6) is 0 Å². The third kappa shape index (κ3) is 5.33.